The number of amidine groups is 1. The number of rotatable bonds is 8. The Morgan fingerprint density at radius 3 is 2.56 bits per heavy atom. The van der Waals surface area contributed by atoms with Crippen LogP contribution in [-0.4, -0.2) is 62.8 Å². The predicted octanol–water partition coefficient (Wildman–Crippen LogP) is 3.54. The zero-order valence-corrected chi connectivity index (χ0v) is 23.8. The molecule has 10 heteroatoms. The first-order chi connectivity index (χ1) is 20.0. The standard InChI is InChI=1S/C31H37N7O3/c1-21-5-4-6-28(33-21)34-29-25-13-14-38(20-22-7-10-24(39-2)11-8-22)30(25)36-31(32,35-29)26-12-9-23(19-27(26)40-3)37-15-17-41-18-16-37/h4-12,19,35H,13-18,20,32H2,1-3H3,(H,33,34). The molecule has 4 heterocycles. The van der Waals surface area contributed by atoms with Gasteiger partial charge in [0, 0.05) is 49.2 Å². The van der Waals surface area contributed by atoms with Gasteiger partial charge < -0.3 is 34.6 Å². The molecule has 4 N–H and O–H groups in total. The van der Waals surface area contributed by atoms with Gasteiger partial charge in [-0.05, 0) is 55.3 Å². The number of anilines is 2. The molecule has 1 atom stereocenters. The molecular weight excluding hydrogens is 518 g/mol. The van der Waals surface area contributed by atoms with E-state index in [0.717, 1.165) is 71.8 Å². The summed E-state index contributed by atoms with van der Waals surface area (Å²) in [6.45, 7) is 6.58. The maximum atomic E-state index is 7.16. The number of nitrogens with one attached hydrogen (secondary N) is 2. The number of nitrogens with two attached hydrogens (primary N) is 1. The lowest BCUT2D eigenvalue weighted by atomic mass is 10.0. The molecule has 2 saturated heterocycles. The minimum atomic E-state index is -1.28. The number of benzene rings is 2. The van der Waals surface area contributed by atoms with Crippen molar-refractivity contribution in [1.82, 2.24) is 15.2 Å². The molecule has 1 aromatic heterocycles. The van der Waals surface area contributed by atoms with E-state index < -0.39 is 5.79 Å². The number of ether oxygens (including phenoxy) is 3. The number of fused-ring (bicyclic) bond motifs is 1. The predicted molar refractivity (Wildman–Crippen MR) is 160 cm³/mol. The average Bonchev–Trinajstić information content (AvgIpc) is 3.39. The molecule has 0 amide bonds. The van der Waals surface area contributed by atoms with Crippen molar-refractivity contribution in [2.75, 3.05) is 57.3 Å². The van der Waals surface area contributed by atoms with E-state index >= 15 is 0 Å². The first-order valence-electron chi connectivity index (χ1n) is 14.0. The largest absolute Gasteiger partial charge is 0.497 e. The highest BCUT2D eigenvalue weighted by Gasteiger charge is 2.41. The summed E-state index contributed by atoms with van der Waals surface area (Å²) in [7, 11) is 3.35. The fourth-order valence-corrected chi connectivity index (χ4v) is 5.58. The first-order valence-corrected chi connectivity index (χ1v) is 14.0. The lowest BCUT2D eigenvalue weighted by Crippen LogP contribution is -2.54. The van der Waals surface area contributed by atoms with E-state index in [1.54, 1.807) is 14.2 Å². The monoisotopic (exact) mass is 555 g/mol. The number of nitrogens with zero attached hydrogens (tertiary/aromatic N) is 4. The van der Waals surface area contributed by atoms with Gasteiger partial charge in [0.1, 0.15) is 29.0 Å². The highest BCUT2D eigenvalue weighted by Crippen LogP contribution is 2.37. The molecule has 0 radical (unpaired) electrons. The van der Waals surface area contributed by atoms with E-state index in [1.807, 2.05) is 49.4 Å². The molecule has 3 aromatic rings. The van der Waals surface area contributed by atoms with Gasteiger partial charge in [0.05, 0.1) is 33.0 Å². The van der Waals surface area contributed by atoms with Crippen molar-refractivity contribution in [1.29, 1.82) is 0 Å². The van der Waals surface area contributed by atoms with Gasteiger partial charge >= 0.3 is 0 Å². The molecule has 6 rings (SSSR count). The van der Waals surface area contributed by atoms with E-state index in [0.29, 0.717) is 25.5 Å². The molecule has 3 aliphatic rings. The van der Waals surface area contributed by atoms with Gasteiger partial charge in [0.2, 0.25) is 5.79 Å². The molecule has 0 spiro atoms. The maximum absolute atomic E-state index is 7.16. The highest BCUT2D eigenvalue weighted by atomic mass is 16.5. The normalized spacial score (nSPS) is 20.3. The molecule has 0 aliphatic carbocycles. The number of hydrogen-bond acceptors (Lipinski definition) is 10. The van der Waals surface area contributed by atoms with Crippen LogP contribution in [-0.2, 0) is 17.1 Å². The van der Waals surface area contributed by atoms with Crippen LogP contribution in [0.25, 0.3) is 0 Å². The van der Waals surface area contributed by atoms with Crippen molar-refractivity contribution in [2.24, 2.45) is 10.7 Å². The van der Waals surface area contributed by atoms with E-state index in [2.05, 4.69) is 43.6 Å². The van der Waals surface area contributed by atoms with Gasteiger partial charge in [0.15, 0.2) is 0 Å². The molecule has 10 nitrogen and oxygen atoms in total. The van der Waals surface area contributed by atoms with Gasteiger partial charge in [-0.1, -0.05) is 18.2 Å². The second-order valence-electron chi connectivity index (χ2n) is 10.5. The van der Waals surface area contributed by atoms with Crippen LogP contribution in [0.5, 0.6) is 11.5 Å². The third-order valence-electron chi connectivity index (χ3n) is 7.75. The highest BCUT2D eigenvalue weighted by molar-refractivity contribution is 6.02. The number of likely N-dealkylation sites (tertiary alicyclic amines) is 1. The van der Waals surface area contributed by atoms with Crippen LogP contribution < -0.4 is 30.7 Å². The summed E-state index contributed by atoms with van der Waals surface area (Å²) in [6, 6.07) is 20.2. The van der Waals surface area contributed by atoms with Gasteiger partial charge in [0.25, 0.3) is 0 Å². The quantitative estimate of drug-likeness (QED) is 0.385. The number of hydrogen-bond donors (Lipinski definition) is 3. The van der Waals surface area contributed by atoms with Crippen LogP contribution in [0.4, 0.5) is 11.5 Å². The van der Waals surface area contributed by atoms with Gasteiger partial charge in [-0.3, -0.25) is 5.73 Å². The molecule has 214 valence electrons. The SMILES string of the molecule is COc1ccc(CN2CCC3=C(Nc4cccc(C)n4)NC(N)(c4ccc(N5CCOCC5)cc4OC)N=C32)cc1. The summed E-state index contributed by atoms with van der Waals surface area (Å²) < 4.78 is 16.8. The molecule has 2 fully saturated rings. The third-order valence-corrected chi connectivity index (χ3v) is 7.75. The number of aliphatic imine (C=N–C) groups is 1. The van der Waals surface area contributed by atoms with Crippen LogP contribution in [0.1, 0.15) is 23.2 Å². The Hall–Kier alpha value is -4.28. The average molecular weight is 556 g/mol. The fraction of sp³-hybridized carbons (Fsp3) is 0.355. The Morgan fingerprint density at radius 1 is 1.02 bits per heavy atom. The van der Waals surface area contributed by atoms with Gasteiger partial charge in [-0.15, -0.1) is 0 Å². The van der Waals surface area contributed by atoms with Crippen molar-refractivity contribution in [2.45, 2.75) is 25.7 Å². The zero-order chi connectivity index (χ0) is 28.4. The van der Waals surface area contributed by atoms with Crippen LogP contribution >= 0.6 is 0 Å². The summed E-state index contributed by atoms with van der Waals surface area (Å²) >= 11 is 0. The molecule has 1 unspecified atom stereocenters. The Bertz CT molecular complexity index is 1470. The molecule has 0 saturated carbocycles. The minimum absolute atomic E-state index is 0.671. The molecule has 3 aliphatic heterocycles. The Balaban J connectivity index is 1.37. The number of aryl methyl sites for hydroxylation is 1. The minimum Gasteiger partial charge on any atom is -0.497 e. The van der Waals surface area contributed by atoms with E-state index in [-0.39, 0.29) is 0 Å². The fourth-order valence-electron chi connectivity index (χ4n) is 5.58. The topological polar surface area (TPSA) is 110 Å². The lowest BCUT2D eigenvalue weighted by Gasteiger charge is -2.37. The maximum Gasteiger partial charge on any atom is 0.216 e. The first kappa shape index (κ1) is 26.9. The third kappa shape index (κ3) is 5.53. The lowest BCUT2D eigenvalue weighted by molar-refractivity contribution is 0.122. The summed E-state index contributed by atoms with van der Waals surface area (Å²) in [4.78, 5) is 14.4. The van der Waals surface area contributed by atoms with Crippen molar-refractivity contribution in [3.63, 3.8) is 0 Å². The van der Waals surface area contributed by atoms with E-state index in [1.165, 1.54) is 5.56 Å². The Labute approximate surface area is 240 Å². The smallest absolute Gasteiger partial charge is 0.216 e. The van der Waals surface area contributed by atoms with Crippen LogP contribution in [0.2, 0.25) is 0 Å². The molecular formula is C31H37N7O3. The van der Waals surface area contributed by atoms with Gasteiger partial charge in [-0.2, -0.15) is 0 Å². The van der Waals surface area contributed by atoms with Crippen LogP contribution in [0.15, 0.2) is 77.1 Å². The van der Waals surface area contributed by atoms with Crippen molar-refractivity contribution < 1.29 is 14.2 Å². The zero-order valence-electron chi connectivity index (χ0n) is 23.8. The van der Waals surface area contributed by atoms with Crippen molar-refractivity contribution in [3.05, 3.63) is 88.9 Å². The van der Waals surface area contributed by atoms with Crippen LogP contribution in [0.3, 0.4) is 0 Å². The van der Waals surface area contributed by atoms with Crippen molar-refractivity contribution in [3.8, 4) is 11.5 Å². The summed E-state index contributed by atoms with van der Waals surface area (Å²) in [5.41, 5.74) is 12.1. The molecule has 0 bridgehead atoms. The second-order valence-corrected chi connectivity index (χ2v) is 10.5. The number of morpholine rings is 1. The summed E-state index contributed by atoms with van der Waals surface area (Å²) in [5, 5.41) is 7.03. The Morgan fingerprint density at radius 2 is 1.83 bits per heavy atom. The second kappa shape index (κ2) is 11.3. The number of aromatic nitrogens is 1. The van der Waals surface area contributed by atoms with Crippen LogP contribution in [0, 0.1) is 6.92 Å². The van der Waals surface area contributed by atoms with Gasteiger partial charge in [-0.25, -0.2) is 9.98 Å². The summed E-state index contributed by atoms with van der Waals surface area (Å²) in [5.74, 6) is 2.63. The van der Waals surface area contributed by atoms with Crippen molar-refractivity contribution >= 4 is 17.3 Å². The Kier molecular flexibility index (Phi) is 7.42. The molecule has 2 aromatic carbocycles. The molecule has 41 heavy (non-hydrogen) atoms. The number of pyridine rings is 1. The van der Waals surface area contributed by atoms with E-state index in [9.17, 15) is 0 Å². The summed E-state index contributed by atoms with van der Waals surface area (Å²) in [6.07, 6.45) is 0.819. The van der Waals surface area contributed by atoms with E-state index in [4.69, 9.17) is 24.9 Å². The number of methoxy groups -OCH3 is 2.